The van der Waals surface area contributed by atoms with Crippen molar-refractivity contribution in [3.05, 3.63) is 69.8 Å². The number of nitro benzene ring substituents is 1. The van der Waals surface area contributed by atoms with Crippen molar-refractivity contribution in [1.82, 2.24) is 5.43 Å². The molecular weight excluding hydrogens is 334 g/mol. The van der Waals surface area contributed by atoms with Gasteiger partial charge in [-0.3, -0.25) is 14.9 Å². The zero-order valence-electron chi connectivity index (χ0n) is 14.6. The molecule has 2 aromatic carbocycles. The molecule has 0 bridgehead atoms. The van der Waals surface area contributed by atoms with Crippen LogP contribution in [0, 0.1) is 10.1 Å². The molecule has 0 radical (unpaired) electrons. The minimum absolute atomic E-state index is 0.0179. The predicted octanol–water partition coefficient (Wildman–Crippen LogP) is 3.47. The first kappa shape index (κ1) is 19.1. The summed E-state index contributed by atoms with van der Waals surface area (Å²) in [5, 5.41) is 14.5. The molecule has 1 amide bonds. The van der Waals surface area contributed by atoms with Crippen molar-refractivity contribution in [2.45, 2.75) is 26.2 Å². The van der Waals surface area contributed by atoms with Crippen molar-refractivity contribution >= 4 is 17.8 Å². The third kappa shape index (κ3) is 6.35. The molecule has 0 fully saturated rings. The molecule has 0 atom stereocenters. The van der Waals surface area contributed by atoms with Crippen molar-refractivity contribution < 1.29 is 14.5 Å². The molecule has 2 aromatic rings. The summed E-state index contributed by atoms with van der Waals surface area (Å²) in [5.74, 6) is 0.641. The summed E-state index contributed by atoms with van der Waals surface area (Å²) >= 11 is 0. The number of carbonyl (C=O) groups excluding carboxylic acids is 1. The number of aryl methyl sites for hydroxylation is 1. The predicted molar refractivity (Wildman–Crippen MR) is 99.4 cm³/mol. The minimum atomic E-state index is -0.475. The third-order valence-corrected chi connectivity index (χ3v) is 3.59. The van der Waals surface area contributed by atoms with Crippen molar-refractivity contribution in [1.29, 1.82) is 0 Å². The fourth-order valence-electron chi connectivity index (χ4n) is 2.33. The first-order valence-electron chi connectivity index (χ1n) is 8.36. The smallest absolute Gasteiger partial charge is 0.270 e. The van der Waals surface area contributed by atoms with E-state index >= 15 is 0 Å². The van der Waals surface area contributed by atoms with Crippen LogP contribution >= 0.6 is 0 Å². The first-order valence-corrected chi connectivity index (χ1v) is 8.36. The van der Waals surface area contributed by atoms with Gasteiger partial charge in [0.25, 0.3) is 5.69 Å². The average Bonchev–Trinajstić information content (AvgIpc) is 2.64. The lowest BCUT2D eigenvalue weighted by molar-refractivity contribution is -0.384. The van der Waals surface area contributed by atoms with Gasteiger partial charge in [-0.25, -0.2) is 5.43 Å². The van der Waals surface area contributed by atoms with Gasteiger partial charge < -0.3 is 4.74 Å². The number of amides is 1. The van der Waals surface area contributed by atoms with Gasteiger partial charge in [-0.2, -0.15) is 5.10 Å². The summed E-state index contributed by atoms with van der Waals surface area (Å²) in [6.07, 6.45) is 3.22. The number of rotatable bonds is 9. The number of nitrogens with one attached hydrogen (secondary N) is 1. The van der Waals surface area contributed by atoms with Crippen LogP contribution in [0.15, 0.2) is 53.6 Å². The van der Waals surface area contributed by atoms with Crippen LogP contribution in [0.4, 0.5) is 5.69 Å². The summed E-state index contributed by atoms with van der Waals surface area (Å²) in [4.78, 5) is 22.0. The summed E-state index contributed by atoms with van der Waals surface area (Å²) in [6, 6.07) is 13.8. The highest BCUT2D eigenvalue weighted by atomic mass is 16.6. The van der Waals surface area contributed by atoms with E-state index in [2.05, 4.69) is 10.5 Å². The number of non-ortho nitro benzene ring substituents is 1. The van der Waals surface area contributed by atoms with Gasteiger partial charge >= 0.3 is 0 Å². The van der Waals surface area contributed by atoms with Gasteiger partial charge in [0.1, 0.15) is 5.75 Å². The number of carbonyl (C=O) groups is 1. The van der Waals surface area contributed by atoms with Gasteiger partial charge in [0.15, 0.2) is 0 Å². The quantitative estimate of drug-likeness (QED) is 0.423. The molecule has 0 saturated heterocycles. The lowest BCUT2D eigenvalue weighted by Gasteiger charge is -2.05. The van der Waals surface area contributed by atoms with Crippen molar-refractivity contribution in [2.24, 2.45) is 5.10 Å². The Hall–Kier alpha value is -3.22. The Morgan fingerprint density at radius 1 is 1.27 bits per heavy atom. The maximum Gasteiger partial charge on any atom is 0.270 e. The number of hydrogen-bond donors (Lipinski definition) is 1. The largest absolute Gasteiger partial charge is 0.494 e. The maximum absolute atomic E-state index is 11.8. The van der Waals surface area contributed by atoms with E-state index in [0.29, 0.717) is 25.0 Å². The summed E-state index contributed by atoms with van der Waals surface area (Å²) in [6.45, 7) is 2.57. The Kier molecular flexibility index (Phi) is 7.30. The van der Waals surface area contributed by atoms with Crippen LogP contribution in [0.3, 0.4) is 0 Å². The fourth-order valence-corrected chi connectivity index (χ4v) is 2.33. The maximum atomic E-state index is 11.8. The molecule has 0 heterocycles. The molecule has 26 heavy (non-hydrogen) atoms. The van der Waals surface area contributed by atoms with Gasteiger partial charge in [0, 0.05) is 24.1 Å². The lowest BCUT2D eigenvalue weighted by atomic mass is 10.1. The number of hydrogen-bond acceptors (Lipinski definition) is 5. The molecule has 0 aliphatic rings. The van der Waals surface area contributed by atoms with Gasteiger partial charge in [-0.1, -0.05) is 24.3 Å². The van der Waals surface area contributed by atoms with E-state index in [1.807, 2.05) is 31.2 Å². The highest BCUT2D eigenvalue weighted by Crippen LogP contribution is 2.14. The zero-order valence-corrected chi connectivity index (χ0v) is 14.6. The fraction of sp³-hybridized carbons (Fsp3) is 0.263. The van der Waals surface area contributed by atoms with Gasteiger partial charge in [0.2, 0.25) is 5.91 Å². The number of benzene rings is 2. The Labute approximate surface area is 151 Å². The normalized spacial score (nSPS) is 10.7. The van der Waals surface area contributed by atoms with E-state index < -0.39 is 4.92 Å². The van der Waals surface area contributed by atoms with Crippen LogP contribution in [0.25, 0.3) is 0 Å². The third-order valence-electron chi connectivity index (χ3n) is 3.59. The van der Waals surface area contributed by atoms with Gasteiger partial charge in [-0.05, 0) is 37.5 Å². The van der Waals surface area contributed by atoms with Gasteiger partial charge in [-0.15, -0.1) is 0 Å². The highest BCUT2D eigenvalue weighted by Gasteiger charge is 2.04. The van der Waals surface area contributed by atoms with Crippen molar-refractivity contribution in [2.75, 3.05) is 6.61 Å². The molecule has 0 saturated carbocycles. The van der Waals surface area contributed by atoms with E-state index in [1.165, 1.54) is 18.3 Å². The lowest BCUT2D eigenvalue weighted by Crippen LogP contribution is -2.17. The van der Waals surface area contributed by atoms with E-state index in [9.17, 15) is 14.9 Å². The topological polar surface area (TPSA) is 93.8 Å². The van der Waals surface area contributed by atoms with E-state index in [-0.39, 0.29) is 11.6 Å². The summed E-state index contributed by atoms with van der Waals surface area (Å²) in [5.41, 5.74) is 4.10. The zero-order chi connectivity index (χ0) is 18.8. The van der Waals surface area contributed by atoms with E-state index in [1.54, 1.807) is 12.1 Å². The number of nitrogens with zero attached hydrogens (tertiary/aromatic N) is 2. The second-order valence-corrected chi connectivity index (χ2v) is 5.58. The SMILES string of the molecule is CCOc1ccc(CCCC(=O)N/N=C/c2cccc([N+](=O)[O-])c2)cc1. The van der Waals surface area contributed by atoms with Crippen molar-refractivity contribution in [3.63, 3.8) is 0 Å². The van der Waals surface area contributed by atoms with Crippen LogP contribution in [0.1, 0.15) is 30.9 Å². The summed E-state index contributed by atoms with van der Waals surface area (Å²) < 4.78 is 5.39. The molecule has 7 heteroatoms. The second kappa shape index (κ2) is 9.93. The molecule has 136 valence electrons. The minimum Gasteiger partial charge on any atom is -0.494 e. The Morgan fingerprint density at radius 3 is 2.73 bits per heavy atom. The molecule has 0 aliphatic carbocycles. The standard InChI is InChI=1S/C19H21N3O4/c1-2-26-18-11-9-15(10-12-18)5-4-8-19(23)21-20-14-16-6-3-7-17(13-16)22(24)25/h3,6-7,9-14H,2,4-5,8H2,1H3,(H,21,23)/b20-14+. The van der Waals surface area contributed by atoms with E-state index in [0.717, 1.165) is 17.7 Å². The van der Waals surface area contributed by atoms with Crippen LogP contribution in [-0.4, -0.2) is 23.7 Å². The Morgan fingerprint density at radius 2 is 2.04 bits per heavy atom. The second-order valence-electron chi connectivity index (χ2n) is 5.58. The monoisotopic (exact) mass is 355 g/mol. The molecule has 2 rings (SSSR count). The van der Waals surface area contributed by atoms with Crippen LogP contribution in [-0.2, 0) is 11.2 Å². The van der Waals surface area contributed by atoms with Crippen LogP contribution in [0.2, 0.25) is 0 Å². The Bertz CT molecular complexity index is 773. The first-order chi connectivity index (χ1) is 12.6. The molecule has 1 N–H and O–H groups in total. The highest BCUT2D eigenvalue weighted by molar-refractivity contribution is 5.83. The van der Waals surface area contributed by atoms with E-state index in [4.69, 9.17) is 4.74 Å². The number of hydrazone groups is 1. The van der Waals surface area contributed by atoms with Crippen molar-refractivity contribution in [3.8, 4) is 5.75 Å². The van der Waals surface area contributed by atoms with Crippen LogP contribution < -0.4 is 10.2 Å². The van der Waals surface area contributed by atoms with Gasteiger partial charge in [0.05, 0.1) is 17.7 Å². The summed E-state index contributed by atoms with van der Waals surface area (Å²) in [7, 11) is 0. The molecule has 0 aliphatic heterocycles. The molecule has 0 spiro atoms. The molecular formula is C19H21N3O4. The van der Waals surface area contributed by atoms with Crippen LogP contribution in [0.5, 0.6) is 5.75 Å². The number of ether oxygens (including phenoxy) is 1. The Balaban J connectivity index is 1.73. The number of nitro groups is 1. The molecule has 0 unspecified atom stereocenters. The average molecular weight is 355 g/mol. The molecule has 0 aromatic heterocycles. The molecule has 7 nitrogen and oxygen atoms in total.